The lowest BCUT2D eigenvalue weighted by atomic mass is 10.0. The van der Waals surface area contributed by atoms with E-state index in [1.807, 2.05) is 43.3 Å². The van der Waals surface area contributed by atoms with Crippen molar-refractivity contribution in [3.05, 3.63) is 48.2 Å². The standard InChI is InChI=1S/C12H12N2/c1-9-7-8-14-12(13)11(9)10-5-3-2-4-6-10/h2-8H,1H3,(H2,13,14). The molecule has 0 aliphatic heterocycles. The second-order valence-corrected chi connectivity index (χ2v) is 3.25. The third-order valence-corrected chi connectivity index (χ3v) is 2.25. The monoisotopic (exact) mass is 184 g/mol. The van der Waals surface area contributed by atoms with Crippen molar-refractivity contribution in [2.24, 2.45) is 0 Å². The van der Waals surface area contributed by atoms with E-state index >= 15 is 0 Å². The molecule has 0 unspecified atom stereocenters. The van der Waals surface area contributed by atoms with Crippen molar-refractivity contribution in [1.29, 1.82) is 0 Å². The molecule has 2 nitrogen and oxygen atoms in total. The molecular weight excluding hydrogens is 172 g/mol. The van der Waals surface area contributed by atoms with E-state index in [1.54, 1.807) is 6.20 Å². The van der Waals surface area contributed by atoms with Crippen LogP contribution in [-0.4, -0.2) is 4.98 Å². The zero-order valence-corrected chi connectivity index (χ0v) is 8.07. The van der Waals surface area contributed by atoms with E-state index in [-0.39, 0.29) is 0 Å². The van der Waals surface area contributed by atoms with Gasteiger partial charge in [0.2, 0.25) is 0 Å². The van der Waals surface area contributed by atoms with Crippen LogP contribution in [0.15, 0.2) is 42.6 Å². The molecule has 0 fully saturated rings. The number of nitrogen functional groups attached to an aromatic ring is 1. The molecule has 14 heavy (non-hydrogen) atoms. The molecule has 0 bridgehead atoms. The van der Waals surface area contributed by atoms with E-state index < -0.39 is 0 Å². The van der Waals surface area contributed by atoms with Crippen molar-refractivity contribution >= 4 is 5.82 Å². The van der Waals surface area contributed by atoms with E-state index in [4.69, 9.17) is 5.73 Å². The largest absolute Gasteiger partial charge is 0.383 e. The summed E-state index contributed by atoms with van der Waals surface area (Å²) < 4.78 is 0. The minimum absolute atomic E-state index is 0.594. The van der Waals surface area contributed by atoms with Crippen molar-refractivity contribution in [3.63, 3.8) is 0 Å². The highest BCUT2D eigenvalue weighted by molar-refractivity contribution is 5.76. The maximum absolute atomic E-state index is 5.84. The van der Waals surface area contributed by atoms with E-state index in [0.29, 0.717) is 5.82 Å². The predicted octanol–water partition coefficient (Wildman–Crippen LogP) is 2.64. The molecule has 0 saturated carbocycles. The Kier molecular flexibility index (Phi) is 2.19. The number of anilines is 1. The molecule has 70 valence electrons. The SMILES string of the molecule is Cc1ccnc(N)c1-c1ccccc1. The van der Waals surface area contributed by atoms with Crippen LogP contribution in [0, 0.1) is 6.92 Å². The van der Waals surface area contributed by atoms with Crippen LogP contribution >= 0.6 is 0 Å². The van der Waals surface area contributed by atoms with Crippen molar-refractivity contribution in [1.82, 2.24) is 4.98 Å². The maximum Gasteiger partial charge on any atom is 0.131 e. The zero-order chi connectivity index (χ0) is 9.97. The molecular formula is C12H12N2. The summed E-state index contributed by atoms with van der Waals surface area (Å²) >= 11 is 0. The third-order valence-electron chi connectivity index (χ3n) is 2.25. The Labute approximate surface area is 83.4 Å². The first kappa shape index (κ1) is 8.75. The lowest BCUT2D eigenvalue weighted by Gasteiger charge is -2.07. The fourth-order valence-corrected chi connectivity index (χ4v) is 1.56. The Balaban J connectivity index is 2.63. The van der Waals surface area contributed by atoms with Gasteiger partial charge in [-0.25, -0.2) is 4.98 Å². The number of rotatable bonds is 1. The van der Waals surface area contributed by atoms with Crippen molar-refractivity contribution in [2.75, 3.05) is 5.73 Å². The summed E-state index contributed by atoms with van der Waals surface area (Å²) in [5.74, 6) is 0.594. The third kappa shape index (κ3) is 1.46. The quantitative estimate of drug-likeness (QED) is 0.740. The van der Waals surface area contributed by atoms with E-state index in [9.17, 15) is 0 Å². The number of benzene rings is 1. The van der Waals surface area contributed by atoms with Crippen LogP contribution in [0.25, 0.3) is 11.1 Å². The first-order valence-electron chi connectivity index (χ1n) is 4.55. The van der Waals surface area contributed by atoms with Crippen LogP contribution in [0.4, 0.5) is 5.82 Å². The predicted molar refractivity (Wildman–Crippen MR) is 58.8 cm³/mol. The highest BCUT2D eigenvalue weighted by atomic mass is 14.8. The van der Waals surface area contributed by atoms with Crippen molar-refractivity contribution < 1.29 is 0 Å². The second kappa shape index (κ2) is 3.50. The van der Waals surface area contributed by atoms with Crippen LogP contribution in [0.5, 0.6) is 0 Å². The summed E-state index contributed by atoms with van der Waals surface area (Å²) in [5, 5.41) is 0. The van der Waals surface area contributed by atoms with E-state index in [1.165, 1.54) is 0 Å². The van der Waals surface area contributed by atoms with E-state index in [0.717, 1.165) is 16.7 Å². The molecule has 1 aromatic heterocycles. The van der Waals surface area contributed by atoms with Gasteiger partial charge in [0.05, 0.1) is 0 Å². The maximum atomic E-state index is 5.84. The molecule has 0 spiro atoms. The van der Waals surface area contributed by atoms with Gasteiger partial charge in [-0.3, -0.25) is 0 Å². The molecule has 0 saturated heterocycles. The van der Waals surface area contributed by atoms with Gasteiger partial charge in [0.15, 0.2) is 0 Å². The van der Waals surface area contributed by atoms with Crippen LogP contribution in [-0.2, 0) is 0 Å². The molecule has 0 aliphatic rings. The summed E-state index contributed by atoms with van der Waals surface area (Å²) in [4.78, 5) is 4.09. The van der Waals surface area contributed by atoms with Gasteiger partial charge in [-0.15, -0.1) is 0 Å². The fraction of sp³-hybridized carbons (Fsp3) is 0.0833. The van der Waals surface area contributed by atoms with E-state index in [2.05, 4.69) is 4.98 Å². The number of nitrogens with zero attached hydrogens (tertiary/aromatic N) is 1. The summed E-state index contributed by atoms with van der Waals surface area (Å²) in [7, 11) is 0. The Morgan fingerprint density at radius 3 is 2.43 bits per heavy atom. The zero-order valence-electron chi connectivity index (χ0n) is 8.07. The Morgan fingerprint density at radius 2 is 1.79 bits per heavy atom. The number of nitrogens with two attached hydrogens (primary N) is 1. The molecule has 1 aromatic carbocycles. The minimum atomic E-state index is 0.594. The molecule has 2 N–H and O–H groups in total. The summed E-state index contributed by atoms with van der Waals surface area (Å²) in [6, 6.07) is 12.0. The Morgan fingerprint density at radius 1 is 1.07 bits per heavy atom. The van der Waals surface area contributed by atoms with Gasteiger partial charge < -0.3 is 5.73 Å². The normalized spacial score (nSPS) is 10.1. The first-order chi connectivity index (χ1) is 6.79. The highest BCUT2D eigenvalue weighted by Gasteiger charge is 2.05. The lowest BCUT2D eigenvalue weighted by molar-refractivity contribution is 1.29. The minimum Gasteiger partial charge on any atom is -0.383 e. The number of hydrogen-bond donors (Lipinski definition) is 1. The molecule has 0 amide bonds. The highest BCUT2D eigenvalue weighted by Crippen LogP contribution is 2.26. The Hall–Kier alpha value is -1.83. The van der Waals surface area contributed by atoms with Crippen LogP contribution in [0.1, 0.15) is 5.56 Å². The molecule has 0 radical (unpaired) electrons. The van der Waals surface area contributed by atoms with Gasteiger partial charge in [-0.1, -0.05) is 30.3 Å². The van der Waals surface area contributed by atoms with Gasteiger partial charge in [-0.05, 0) is 24.1 Å². The number of hydrogen-bond acceptors (Lipinski definition) is 2. The van der Waals surface area contributed by atoms with Gasteiger partial charge in [0.1, 0.15) is 5.82 Å². The van der Waals surface area contributed by atoms with Crippen molar-refractivity contribution in [3.8, 4) is 11.1 Å². The lowest BCUT2D eigenvalue weighted by Crippen LogP contribution is -1.95. The summed E-state index contributed by atoms with van der Waals surface area (Å²) in [5.41, 5.74) is 9.15. The topological polar surface area (TPSA) is 38.9 Å². The second-order valence-electron chi connectivity index (χ2n) is 3.25. The summed E-state index contributed by atoms with van der Waals surface area (Å²) in [6.07, 6.45) is 1.73. The number of pyridine rings is 1. The smallest absolute Gasteiger partial charge is 0.131 e. The summed E-state index contributed by atoms with van der Waals surface area (Å²) in [6.45, 7) is 2.04. The molecule has 1 heterocycles. The van der Waals surface area contributed by atoms with Crippen LogP contribution < -0.4 is 5.73 Å². The fourth-order valence-electron chi connectivity index (χ4n) is 1.56. The number of aromatic nitrogens is 1. The van der Waals surface area contributed by atoms with Crippen LogP contribution in [0.3, 0.4) is 0 Å². The average molecular weight is 184 g/mol. The van der Waals surface area contributed by atoms with Gasteiger partial charge in [0, 0.05) is 11.8 Å². The Bertz CT molecular complexity index is 415. The molecule has 2 aromatic rings. The van der Waals surface area contributed by atoms with Crippen LogP contribution in [0.2, 0.25) is 0 Å². The van der Waals surface area contributed by atoms with Gasteiger partial charge >= 0.3 is 0 Å². The molecule has 2 rings (SSSR count). The van der Waals surface area contributed by atoms with Crippen molar-refractivity contribution in [2.45, 2.75) is 6.92 Å². The first-order valence-corrected chi connectivity index (χ1v) is 4.55. The molecule has 2 heteroatoms. The molecule has 0 aliphatic carbocycles. The average Bonchev–Trinajstić information content (AvgIpc) is 2.19. The molecule has 0 atom stereocenters. The van der Waals surface area contributed by atoms with Gasteiger partial charge in [-0.2, -0.15) is 0 Å². The van der Waals surface area contributed by atoms with Gasteiger partial charge in [0.25, 0.3) is 0 Å². The number of aryl methyl sites for hydroxylation is 1.